The molecule has 10 heteroatoms. The summed E-state index contributed by atoms with van der Waals surface area (Å²) in [6.07, 6.45) is 1.16. The highest BCUT2D eigenvalue weighted by Gasteiger charge is 2.13. The van der Waals surface area contributed by atoms with Gasteiger partial charge in [-0.05, 0) is 62.4 Å². The first-order valence-corrected chi connectivity index (χ1v) is 12.0. The van der Waals surface area contributed by atoms with Gasteiger partial charge in [-0.2, -0.15) is 0 Å². The van der Waals surface area contributed by atoms with E-state index in [2.05, 4.69) is 25.6 Å². The van der Waals surface area contributed by atoms with Crippen LogP contribution >= 0.6 is 11.3 Å². The zero-order chi connectivity index (χ0) is 22.2. The van der Waals surface area contributed by atoms with Crippen molar-refractivity contribution in [1.29, 1.82) is 0 Å². The molecule has 0 atom stereocenters. The van der Waals surface area contributed by atoms with Crippen LogP contribution in [0.25, 0.3) is 10.2 Å². The average Bonchev–Trinajstić information content (AvgIpc) is 3.08. The Morgan fingerprint density at radius 1 is 0.935 bits per heavy atom. The smallest absolute Gasteiger partial charge is 0.257 e. The summed E-state index contributed by atoms with van der Waals surface area (Å²) in [5, 5.41) is 6.29. The fourth-order valence-corrected chi connectivity index (χ4v) is 4.60. The van der Waals surface area contributed by atoms with Crippen LogP contribution < -0.4 is 10.6 Å². The zero-order valence-electron chi connectivity index (χ0n) is 17.0. The predicted octanol–water partition coefficient (Wildman–Crippen LogP) is 4.10. The number of thiazole rings is 1. The number of amides is 1. The predicted molar refractivity (Wildman–Crippen MR) is 122 cm³/mol. The molecule has 0 unspecified atom stereocenters. The van der Waals surface area contributed by atoms with Crippen molar-refractivity contribution in [2.75, 3.05) is 16.9 Å². The molecule has 0 saturated heterocycles. The van der Waals surface area contributed by atoms with Gasteiger partial charge in [0.25, 0.3) is 5.91 Å². The summed E-state index contributed by atoms with van der Waals surface area (Å²) in [6, 6.07) is 13.5. The minimum atomic E-state index is -3.31. The highest BCUT2D eigenvalue weighted by molar-refractivity contribution is 7.90. The van der Waals surface area contributed by atoms with E-state index in [0.717, 1.165) is 23.3 Å². The molecule has 0 radical (unpaired) electrons. The number of carbonyl (C=O) groups excluding carboxylic acids is 1. The van der Waals surface area contributed by atoms with Crippen LogP contribution in [0.4, 0.5) is 16.8 Å². The Bertz CT molecular complexity index is 1380. The van der Waals surface area contributed by atoms with Crippen LogP contribution in [-0.4, -0.2) is 35.5 Å². The Hall–Kier alpha value is -3.37. The molecule has 2 N–H and O–H groups in total. The Kier molecular flexibility index (Phi) is 5.42. The molecular weight excluding hydrogens is 434 g/mol. The summed E-state index contributed by atoms with van der Waals surface area (Å²) >= 11 is 1.22. The molecule has 31 heavy (non-hydrogen) atoms. The third-order valence-corrected chi connectivity index (χ3v) is 6.44. The van der Waals surface area contributed by atoms with Gasteiger partial charge in [0.05, 0.1) is 15.1 Å². The van der Waals surface area contributed by atoms with Gasteiger partial charge in [0.2, 0.25) is 5.95 Å². The molecule has 0 aliphatic rings. The highest BCUT2D eigenvalue weighted by Crippen LogP contribution is 2.28. The number of carbonyl (C=O) groups is 1. The maximum atomic E-state index is 12.6. The Morgan fingerprint density at radius 3 is 2.26 bits per heavy atom. The van der Waals surface area contributed by atoms with Gasteiger partial charge in [-0.15, -0.1) is 0 Å². The van der Waals surface area contributed by atoms with Gasteiger partial charge in [-0.25, -0.2) is 23.4 Å². The maximum absolute atomic E-state index is 12.6. The number of aryl methyl sites for hydroxylation is 2. The summed E-state index contributed by atoms with van der Waals surface area (Å²) in [6.45, 7) is 3.80. The molecule has 8 nitrogen and oxygen atoms in total. The van der Waals surface area contributed by atoms with E-state index >= 15 is 0 Å². The van der Waals surface area contributed by atoms with Crippen molar-refractivity contribution in [2.45, 2.75) is 18.7 Å². The van der Waals surface area contributed by atoms with E-state index in [0.29, 0.717) is 26.9 Å². The Morgan fingerprint density at radius 2 is 1.61 bits per heavy atom. The number of rotatable bonds is 5. The van der Waals surface area contributed by atoms with E-state index in [9.17, 15) is 13.2 Å². The molecule has 2 aromatic heterocycles. The van der Waals surface area contributed by atoms with Crippen LogP contribution in [0, 0.1) is 13.8 Å². The van der Waals surface area contributed by atoms with Crippen LogP contribution in [0.5, 0.6) is 0 Å². The lowest BCUT2D eigenvalue weighted by molar-refractivity contribution is 0.102. The number of sulfone groups is 1. The largest absolute Gasteiger partial charge is 0.324 e. The topological polar surface area (TPSA) is 114 Å². The number of benzene rings is 2. The highest BCUT2D eigenvalue weighted by atomic mass is 32.2. The summed E-state index contributed by atoms with van der Waals surface area (Å²) in [4.78, 5) is 25.8. The van der Waals surface area contributed by atoms with Gasteiger partial charge in [0.1, 0.15) is 0 Å². The van der Waals surface area contributed by atoms with Crippen LogP contribution in [0.2, 0.25) is 0 Å². The van der Waals surface area contributed by atoms with Crippen LogP contribution in [0.15, 0.2) is 53.4 Å². The number of hydrogen-bond donors (Lipinski definition) is 2. The number of aromatic nitrogens is 3. The minimum Gasteiger partial charge on any atom is -0.324 e. The summed E-state index contributed by atoms with van der Waals surface area (Å²) < 4.78 is 24.1. The SMILES string of the molecule is Cc1cc(C)nc(Nc2ccc(C(=O)Nc3nc4ccc(S(C)(=O)=O)cc4s3)cc2)n1. The number of nitrogens with one attached hydrogen (secondary N) is 2. The molecule has 0 spiro atoms. The van der Waals surface area contributed by atoms with Gasteiger partial charge < -0.3 is 5.32 Å². The van der Waals surface area contributed by atoms with E-state index in [-0.39, 0.29) is 10.8 Å². The van der Waals surface area contributed by atoms with Gasteiger partial charge in [-0.3, -0.25) is 10.1 Å². The monoisotopic (exact) mass is 453 g/mol. The first-order valence-electron chi connectivity index (χ1n) is 9.29. The van der Waals surface area contributed by atoms with Crippen molar-refractivity contribution in [3.05, 3.63) is 65.5 Å². The molecule has 158 valence electrons. The number of hydrogen-bond acceptors (Lipinski definition) is 8. The first-order chi connectivity index (χ1) is 14.7. The van der Waals surface area contributed by atoms with Crippen molar-refractivity contribution in [3.63, 3.8) is 0 Å². The van der Waals surface area contributed by atoms with E-state index in [4.69, 9.17) is 0 Å². The number of nitrogens with zero attached hydrogens (tertiary/aromatic N) is 3. The van der Waals surface area contributed by atoms with E-state index in [1.807, 2.05) is 19.9 Å². The minimum absolute atomic E-state index is 0.220. The van der Waals surface area contributed by atoms with Crippen LogP contribution in [0.3, 0.4) is 0 Å². The second kappa shape index (κ2) is 8.05. The fourth-order valence-electron chi connectivity index (χ4n) is 2.97. The lowest BCUT2D eigenvalue weighted by atomic mass is 10.2. The molecule has 2 aromatic carbocycles. The van der Waals surface area contributed by atoms with Crippen LogP contribution in [-0.2, 0) is 9.84 Å². The second-order valence-electron chi connectivity index (χ2n) is 7.05. The first kappa shape index (κ1) is 20.9. The van der Waals surface area contributed by atoms with E-state index < -0.39 is 9.84 Å². The molecular formula is C21H19N5O3S2. The molecule has 0 saturated carbocycles. The third-order valence-electron chi connectivity index (χ3n) is 4.39. The summed E-state index contributed by atoms with van der Waals surface area (Å²) in [7, 11) is -3.31. The maximum Gasteiger partial charge on any atom is 0.257 e. The van der Waals surface area contributed by atoms with Crippen molar-refractivity contribution < 1.29 is 13.2 Å². The molecule has 2 heterocycles. The molecule has 4 rings (SSSR count). The van der Waals surface area contributed by atoms with Gasteiger partial charge in [0.15, 0.2) is 15.0 Å². The molecule has 0 bridgehead atoms. The fraction of sp³-hybridized carbons (Fsp3) is 0.143. The van der Waals surface area contributed by atoms with Gasteiger partial charge in [-0.1, -0.05) is 11.3 Å². The standard InChI is InChI=1S/C21H19N5O3S2/c1-12-10-13(2)23-20(22-12)24-15-6-4-14(5-7-15)19(27)26-21-25-17-9-8-16(31(3,28)29)11-18(17)30-21/h4-11H,1-3H3,(H,22,23,24)(H,25,26,27). The van der Waals surface area contributed by atoms with Gasteiger partial charge >= 0.3 is 0 Å². The van der Waals surface area contributed by atoms with Gasteiger partial charge in [0, 0.05) is 28.9 Å². The zero-order valence-corrected chi connectivity index (χ0v) is 18.6. The van der Waals surface area contributed by atoms with Crippen molar-refractivity contribution in [1.82, 2.24) is 15.0 Å². The third kappa shape index (κ3) is 4.86. The van der Waals surface area contributed by atoms with Crippen molar-refractivity contribution in [2.24, 2.45) is 0 Å². The van der Waals surface area contributed by atoms with Crippen molar-refractivity contribution >= 4 is 54.1 Å². The quantitative estimate of drug-likeness (QED) is 0.467. The second-order valence-corrected chi connectivity index (χ2v) is 10.1. The summed E-state index contributed by atoms with van der Waals surface area (Å²) in [5.41, 5.74) is 3.58. The Balaban J connectivity index is 1.48. The van der Waals surface area contributed by atoms with E-state index in [1.165, 1.54) is 17.4 Å². The molecule has 4 aromatic rings. The molecule has 1 amide bonds. The number of anilines is 3. The van der Waals surface area contributed by atoms with E-state index in [1.54, 1.807) is 36.4 Å². The molecule has 0 fully saturated rings. The normalized spacial score (nSPS) is 11.5. The number of fused-ring (bicyclic) bond motifs is 1. The Labute approximate surface area is 183 Å². The lowest BCUT2D eigenvalue weighted by Gasteiger charge is -2.07. The van der Waals surface area contributed by atoms with Crippen LogP contribution in [0.1, 0.15) is 21.7 Å². The lowest BCUT2D eigenvalue weighted by Crippen LogP contribution is -2.11. The molecule has 0 aliphatic heterocycles. The van der Waals surface area contributed by atoms with Crippen molar-refractivity contribution in [3.8, 4) is 0 Å². The average molecular weight is 454 g/mol. The summed E-state index contributed by atoms with van der Waals surface area (Å²) in [5.74, 6) is 0.189. The molecule has 0 aliphatic carbocycles.